The molecule has 0 bridgehead atoms. The Morgan fingerprint density at radius 2 is 1.66 bits per heavy atom. The van der Waals surface area contributed by atoms with Crippen molar-refractivity contribution in [3.63, 3.8) is 0 Å². The lowest BCUT2D eigenvalue weighted by molar-refractivity contribution is -0.136. The van der Waals surface area contributed by atoms with Crippen LogP contribution in [0.4, 0.5) is 0 Å². The average Bonchev–Trinajstić information content (AvgIpc) is 3.11. The van der Waals surface area contributed by atoms with E-state index in [1.54, 1.807) is 13.2 Å². The van der Waals surface area contributed by atoms with Crippen molar-refractivity contribution in [3.05, 3.63) is 89.6 Å². The third-order valence-corrected chi connectivity index (χ3v) is 4.90. The number of fused-ring (bicyclic) bond motifs is 1. The number of benzene rings is 3. The Bertz CT molecular complexity index is 1220. The number of carboxylic acids is 1. The number of ketones is 1. The number of carbonyl (C=O) groups excluding carboxylic acids is 1. The summed E-state index contributed by atoms with van der Waals surface area (Å²) in [6, 6.07) is 22.3. The van der Waals surface area contributed by atoms with Crippen LogP contribution in [0.2, 0.25) is 0 Å². The molecule has 0 saturated heterocycles. The number of aromatic amines is 1. The molecule has 0 aliphatic heterocycles. The quantitative estimate of drug-likeness (QED) is 0.472. The second-order valence-electron chi connectivity index (χ2n) is 6.74. The van der Waals surface area contributed by atoms with Crippen molar-refractivity contribution in [3.8, 4) is 16.9 Å². The number of ether oxygens (including phenoxy) is 1. The van der Waals surface area contributed by atoms with E-state index in [1.165, 1.54) is 0 Å². The van der Waals surface area contributed by atoms with Crippen molar-refractivity contribution < 1.29 is 19.4 Å². The molecule has 144 valence electrons. The fraction of sp³-hybridized carbons (Fsp3) is 0.0833. The predicted molar refractivity (Wildman–Crippen MR) is 112 cm³/mol. The molecule has 0 spiro atoms. The van der Waals surface area contributed by atoms with E-state index in [-0.39, 0.29) is 12.2 Å². The lowest BCUT2D eigenvalue weighted by Crippen LogP contribution is -2.09. The number of carboxylic acid groups (broad SMARTS) is 1. The molecule has 0 amide bonds. The molecule has 0 unspecified atom stereocenters. The van der Waals surface area contributed by atoms with Gasteiger partial charge in [0.1, 0.15) is 5.75 Å². The second kappa shape index (κ2) is 7.64. The van der Waals surface area contributed by atoms with Crippen LogP contribution in [0.5, 0.6) is 5.75 Å². The van der Waals surface area contributed by atoms with Crippen LogP contribution in [-0.2, 0) is 11.2 Å². The lowest BCUT2D eigenvalue weighted by atomic mass is 9.97. The number of H-pyrrole nitrogens is 1. The highest BCUT2D eigenvalue weighted by atomic mass is 16.5. The third kappa shape index (κ3) is 3.62. The zero-order valence-electron chi connectivity index (χ0n) is 15.8. The molecule has 2 N–H and O–H groups in total. The number of hydrogen-bond donors (Lipinski definition) is 2. The molecule has 0 radical (unpaired) electrons. The number of carbonyl (C=O) groups is 2. The normalized spacial score (nSPS) is 10.8. The number of hydrogen-bond acceptors (Lipinski definition) is 3. The van der Waals surface area contributed by atoms with Crippen molar-refractivity contribution in [2.75, 3.05) is 7.11 Å². The number of para-hydroxylation sites is 1. The van der Waals surface area contributed by atoms with Gasteiger partial charge in [0.15, 0.2) is 0 Å². The minimum absolute atomic E-state index is 0.222. The predicted octanol–water partition coefficient (Wildman–Crippen LogP) is 4.70. The van der Waals surface area contributed by atoms with Gasteiger partial charge < -0.3 is 14.8 Å². The standard InChI is InChI=1S/C24H19NO4/c1-29-18-9-5-7-16(13-18)15-6-4-8-17(12-15)24(28)23-20(14-22(26)27)19-10-2-3-11-21(19)25-23/h2-13,25H,14H2,1H3,(H,26,27). The molecule has 0 aliphatic rings. The van der Waals surface area contributed by atoms with Crippen molar-refractivity contribution in [2.24, 2.45) is 0 Å². The van der Waals surface area contributed by atoms with Crippen LogP contribution >= 0.6 is 0 Å². The average molecular weight is 385 g/mol. The van der Waals surface area contributed by atoms with Gasteiger partial charge in [0, 0.05) is 22.0 Å². The summed E-state index contributed by atoms with van der Waals surface area (Å²) in [7, 11) is 1.61. The van der Waals surface area contributed by atoms with Gasteiger partial charge >= 0.3 is 5.97 Å². The molecule has 0 atom stereocenters. The molecule has 1 aromatic heterocycles. The van der Waals surface area contributed by atoms with Gasteiger partial charge in [-0.15, -0.1) is 0 Å². The molecule has 0 fully saturated rings. The Kier molecular flexibility index (Phi) is 4.87. The van der Waals surface area contributed by atoms with E-state index in [2.05, 4.69) is 4.98 Å². The highest BCUT2D eigenvalue weighted by Gasteiger charge is 2.21. The summed E-state index contributed by atoms with van der Waals surface area (Å²) in [5.41, 5.74) is 3.87. The van der Waals surface area contributed by atoms with Gasteiger partial charge in [0.05, 0.1) is 19.2 Å². The topological polar surface area (TPSA) is 79.4 Å². The van der Waals surface area contributed by atoms with Crippen LogP contribution in [0.25, 0.3) is 22.0 Å². The molecule has 4 rings (SSSR count). The molecule has 4 aromatic rings. The van der Waals surface area contributed by atoms with Gasteiger partial charge in [-0.05, 0) is 35.4 Å². The van der Waals surface area contributed by atoms with Crippen LogP contribution in [0.3, 0.4) is 0 Å². The number of aromatic nitrogens is 1. The van der Waals surface area contributed by atoms with Crippen LogP contribution in [-0.4, -0.2) is 29.0 Å². The zero-order chi connectivity index (χ0) is 20.4. The van der Waals surface area contributed by atoms with Crippen molar-refractivity contribution >= 4 is 22.7 Å². The Balaban J connectivity index is 1.78. The first-order valence-corrected chi connectivity index (χ1v) is 9.17. The largest absolute Gasteiger partial charge is 0.497 e. The van der Waals surface area contributed by atoms with E-state index < -0.39 is 5.97 Å². The molecule has 5 heteroatoms. The smallest absolute Gasteiger partial charge is 0.307 e. The summed E-state index contributed by atoms with van der Waals surface area (Å²) in [5.74, 6) is -0.477. The highest BCUT2D eigenvalue weighted by Crippen LogP contribution is 2.28. The molecular weight excluding hydrogens is 366 g/mol. The number of aliphatic carboxylic acids is 1. The Morgan fingerprint density at radius 1 is 0.931 bits per heavy atom. The number of methoxy groups -OCH3 is 1. The third-order valence-electron chi connectivity index (χ3n) is 4.90. The molecular formula is C24H19NO4. The van der Waals surface area contributed by atoms with E-state index in [0.29, 0.717) is 16.8 Å². The van der Waals surface area contributed by atoms with Gasteiger partial charge in [-0.1, -0.05) is 48.5 Å². The number of rotatable bonds is 6. The van der Waals surface area contributed by atoms with E-state index in [0.717, 1.165) is 27.8 Å². The maximum absolute atomic E-state index is 13.3. The zero-order valence-corrected chi connectivity index (χ0v) is 15.8. The van der Waals surface area contributed by atoms with E-state index in [9.17, 15) is 14.7 Å². The summed E-state index contributed by atoms with van der Waals surface area (Å²) < 4.78 is 5.28. The van der Waals surface area contributed by atoms with Crippen molar-refractivity contribution in [2.45, 2.75) is 6.42 Å². The van der Waals surface area contributed by atoms with Crippen LogP contribution in [0.1, 0.15) is 21.6 Å². The number of nitrogens with one attached hydrogen (secondary N) is 1. The molecule has 1 heterocycles. The molecule has 5 nitrogen and oxygen atoms in total. The summed E-state index contributed by atoms with van der Waals surface area (Å²) in [4.78, 5) is 27.8. The van der Waals surface area contributed by atoms with Gasteiger partial charge in [0.25, 0.3) is 0 Å². The summed E-state index contributed by atoms with van der Waals surface area (Å²) in [6.07, 6.45) is -0.222. The first kappa shape index (κ1) is 18.5. The molecule has 29 heavy (non-hydrogen) atoms. The van der Waals surface area contributed by atoms with Crippen LogP contribution in [0, 0.1) is 0 Å². The summed E-state index contributed by atoms with van der Waals surface area (Å²) >= 11 is 0. The summed E-state index contributed by atoms with van der Waals surface area (Å²) in [6.45, 7) is 0. The maximum Gasteiger partial charge on any atom is 0.307 e. The first-order valence-electron chi connectivity index (χ1n) is 9.17. The summed E-state index contributed by atoms with van der Waals surface area (Å²) in [5, 5.41) is 10.1. The molecule has 0 aliphatic carbocycles. The van der Waals surface area contributed by atoms with Gasteiger partial charge in [-0.3, -0.25) is 9.59 Å². The van der Waals surface area contributed by atoms with Crippen LogP contribution < -0.4 is 4.74 Å². The second-order valence-corrected chi connectivity index (χ2v) is 6.74. The highest BCUT2D eigenvalue weighted by molar-refractivity contribution is 6.12. The molecule has 0 saturated carbocycles. The van der Waals surface area contributed by atoms with E-state index >= 15 is 0 Å². The van der Waals surface area contributed by atoms with E-state index in [4.69, 9.17) is 4.74 Å². The van der Waals surface area contributed by atoms with Gasteiger partial charge in [-0.25, -0.2) is 0 Å². The van der Waals surface area contributed by atoms with Crippen molar-refractivity contribution in [1.82, 2.24) is 4.98 Å². The minimum Gasteiger partial charge on any atom is -0.497 e. The fourth-order valence-electron chi connectivity index (χ4n) is 3.52. The van der Waals surface area contributed by atoms with Crippen LogP contribution in [0.15, 0.2) is 72.8 Å². The Hall–Kier alpha value is -3.86. The van der Waals surface area contributed by atoms with E-state index in [1.807, 2.05) is 66.7 Å². The fourth-order valence-corrected chi connectivity index (χ4v) is 3.52. The lowest BCUT2D eigenvalue weighted by Gasteiger charge is -2.07. The minimum atomic E-state index is -0.978. The van der Waals surface area contributed by atoms with Crippen molar-refractivity contribution in [1.29, 1.82) is 0 Å². The Morgan fingerprint density at radius 3 is 2.41 bits per heavy atom. The maximum atomic E-state index is 13.3. The SMILES string of the molecule is COc1cccc(-c2cccc(C(=O)c3[nH]c4ccccc4c3CC(=O)O)c2)c1. The van der Waals surface area contributed by atoms with Gasteiger partial charge in [0.2, 0.25) is 5.78 Å². The molecule has 3 aromatic carbocycles. The first-order chi connectivity index (χ1) is 14.1. The Labute approximate surface area is 167 Å². The van der Waals surface area contributed by atoms with Gasteiger partial charge in [-0.2, -0.15) is 0 Å². The monoisotopic (exact) mass is 385 g/mol.